The van der Waals surface area contributed by atoms with Crippen LogP contribution in [0.5, 0.6) is 11.5 Å². The quantitative estimate of drug-likeness (QED) is 0.678. The number of carbonyl (C=O) groups is 1. The van der Waals surface area contributed by atoms with Crippen molar-refractivity contribution in [1.29, 1.82) is 0 Å². The first-order valence-electron chi connectivity index (χ1n) is 8.00. The van der Waals surface area contributed by atoms with Crippen molar-refractivity contribution >= 4 is 17.4 Å². The Morgan fingerprint density at radius 1 is 1.20 bits per heavy atom. The maximum atomic E-state index is 11.5. The van der Waals surface area contributed by atoms with Crippen LogP contribution in [0.1, 0.15) is 12.5 Å². The maximum absolute atomic E-state index is 11.5. The van der Waals surface area contributed by atoms with Gasteiger partial charge in [0.25, 0.3) is 0 Å². The van der Waals surface area contributed by atoms with Crippen molar-refractivity contribution in [1.82, 2.24) is 4.98 Å². The highest BCUT2D eigenvalue weighted by Crippen LogP contribution is 2.27. The number of nitrogens with zero attached hydrogens (tertiary/aromatic N) is 1. The third-order valence-electron chi connectivity index (χ3n) is 3.62. The van der Waals surface area contributed by atoms with Gasteiger partial charge in [-0.2, -0.15) is 0 Å². The van der Waals surface area contributed by atoms with Crippen molar-refractivity contribution in [3.8, 4) is 11.5 Å². The molecule has 7 nitrogen and oxygen atoms in total. The summed E-state index contributed by atoms with van der Waals surface area (Å²) < 4.78 is 10.5. The molecule has 0 aliphatic carbocycles. The molecule has 4 N–H and O–H groups in total. The largest absolute Gasteiger partial charge is 0.493 e. The van der Waals surface area contributed by atoms with Gasteiger partial charge in [0.15, 0.2) is 11.5 Å². The zero-order chi connectivity index (χ0) is 18.2. The van der Waals surface area contributed by atoms with Gasteiger partial charge in [-0.3, -0.25) is 4.79 Å². The number of hydrogen-bond acceptors (Lipinski definition) is 6. The molecule has 1 amide bonds. The predicted molar refractivity (Wildman–Crippen MR) is 98.3 cm³/mol. The van der Waals surface area contributed by atoms with E-state index in [4.69, 9.17) is 15.2 Å². The number of hydrogen-bond donors (Lipinski definition) is 3. The van der Waals surface area contributed by atoms with E-state index >= 15 is 0 Å². The molecule has 1 aromatic heterocycles. The van der Waals surface area contributed by atoms with Gasteiger partial charge in [0.1, 0.15) is 5.82 Å². The molecule has 0 saturated heterocycles. The molecule has 2 aromatic rings. The van der Waals surface area contributed by atoms with E-state index in [0.29, 0.717) is 11.6 Å². The van der Waals surface area contributed by atoms with E-state index in [2.05, 4.69) is 15.6 Å². The van der Waals surface area contributed by atoms with Crippen molar-refractivity contribution in [2.75, 3.05) is 31.4 Å². The minimum atomic E-state index is -0.568. The van der Waals surface area contributed by atoms with E-state index in [9.17, 15) is 4.79 Å². The molecule has 0 saturated carbocycles. The van der Waals surface area contributed by atoms with E-state index < -0.39 is 6.04 Å². The summed E-state index contributed by atoms with van der Waals surface area (Å²) in [5, 5.41) is 5.94. The lowest BCUT2D eigenvalue weighted by atomic mass is 10.1. The molecule has 1 atom stereocenters. The summed E-state index contributed by atoms with van der Waals surface area (Å²) in [7, 11) is 3.24. The fourth-order valence-corrected chi connectivity index (χ4v) is 2.20. The molecule has 25 heavy (non-hydrogen) atoms. The van der Waals surface area contributed by atoms with Gasteiger partial charge in [-0.05, 0) is 43.2 Å². The Bertz CT molecular complexity index is 702. The molecule has 1 heterocycles. The van der Waals surface area contributed by atoms with Crippen LogP contribution in [0.2, 0.25) is 0 Å². The summed E-state index contributed by atoms with van der Waals surface area (Å²) in [4.78, 5) is 15.7. The molecular weight excluding hydrogens is 320 g/mol. The number of rotatable bonds is 8. The van der Waals surface area contributed by atoms with Crippen molar-refractivity contribution in [2.24, 2.45) is 5.73 Å². The average molecular weight is 344 g/mol. The molecule has 0 spiro atoms. The van der Waals surface area contributed by atoms with Crippen LogP contribution >= 0.6 is 0 Å². The lowest BCUT2D eigenvalue weighted by Gasteiger charge is -2.11. The normalized spacial score (nSPS) is 11.5. The van der Waals surface area contributed by atoms with Gasteiger partial charge in [-0.25, -0.2) is 4.98 Å². The highest BCUT2D eigenvalue weighted by atomic mass is 16.5. The third kappa shape index (κ3) is 5.36. The van der Waals surface area contributed by atoms with Crippen LogP contribution in [-0.2, 0) is 11.2 Å². The van der Waals surface area contributed by atoms with Crippen molar-refractivity contribution in [3.63, 3.8) is 0 Å². The molecule has 0 aliphatic rings. The Hall–Kier alpha value is -2.80. The summed E-state index contributed by atoms with van der Waals surface area (Å²) in [6, 6.07) is 8.89. The summed E-state index contributed by atoms with van der Waals surface area (Å²) in [6.07, 6.45) is 2.49. The van der Waals surface area contributed by atoms with Gasteiger partial charge < -0.3 is 25.8 Å². The number of nitrogens with two attached hydrogens (primary N) is 1. The molecule has 7 heteroatoms. The number of amides is 1. The van der Waals surface area contributed by atoms with Gasteiger partial charge >= 0.3 is 0 Å². The first-order valence-corrected chi connectivity index (χ1v) is 8.00. The predicted octanol–water partition coefficient (Wildman–Crippen LogP) is 2.04. The fourth-order valence-electron chi connectivity index (χ4n) is 2.20. The van der Waals surface area contributed by atoms with Gasteiger partial charge in [0, 0.05) is 6.54 Å². The van der Waals surface area contributed by atoms with Crippen molar-refractivity contribution in [2.45, 2.75) is 19.4 Å². The lowest BCUT2D eigenvalue weighted by molar-refractivity contribution is -0.117. The highest BCUT2D eigenvalue weighted by Gasteiger charge is 2.08. The second-order valence-corrected chi connectivity index (χ2v) is 5.58. The Morgan fingerprint density at radius 2 is 1.96 bits per heavy atom. The Kier molecular flexibility index (Phi) is 6.59. The second-order valence-electron chi connectivity index (χ2n) is 5.58. The second kappa shape index (κ2) is 8.89. The molecular formula is C18H24N4O3. The maximum Gasteiger partial charge on any atom is 0.242 e. The first-order chi connectivity index (χ1) is 12.0. The van der Waals surface area contributed by atoms with E-state index in [1.165, 1.54) is 0 Å². The molecule has 2 rings (SSSR count). The number of anilines is 2. The molecule has 0 radical (unpaired) electrons. The van der Waals surface area contributed by atoms with E-state index in [1.54, 1.807) is 33.4 Å². The number of ether oxygens (including phenoxy) is 2. The lowest BCUT2D eigenvalue weighted by Crippen LogP contribution is -2.32. The van der Waals surface area contributed by atoms with Crippen LogP contribution in [0.25, 0.3) is 0 Å². The average Bonchev–Trinajstić information content (AvgIpc) is 2.62. The Morgan fingerprint density at radius 3 is 2.56 bits per heavy atom. The van der Waals surface area contributed by atoms with Crippen molar-refractivity contribution < 1.29 is 14.3 Å². The third-order valence-corrected chi connectivity index (χ3v) is 3.62. The van der Waals surface area contributed by atoms with E-state index in [1.807, 2.05) is 24.3 Å². The minimum Gasteiger partial charge on any atom is -0.493 e. The Balaban J connectivity index is 1.86. The van der Waals surface area contributed by atoms with Crippen LogP contribution < -0.4 is 25.8 Å². The van der Waals surface area contributed by atoms with Crippen molar-refractivity contribution in [3.05, 3.63) is 42.1 Å². The smallest absolute Gasteiger partial charge is 0.242 e. The topological polar surface area (TPSA) is 98.5 Å². The van der Waals surface area contributed by atoms with Gasteiger partial charge in [0.05, 0.1) is 32.1 Å². The number of carbonyl (C=O) groups excluding carboxylic acids is 1. The minimum absolute atomic E-state index is 0.262. The number of methoxy groups -OCH3 is 2. The summed E-state index contributed by atoms with van der Waals surface area (Å²) in [5.41, 5.74) is 7.52. The first kappa shape index (κ1) is 18.5. The Labute approximate surface area is 147 Å². The summed E-state index contributed by atoms with van der Waals surface area (Å²) in [5.74, 6) is 1.65. The molecule has 0 fully saturated rings. The molecule has 1 aromatic carbocycles. The molecule has 134 valence electrons. The summed E-state index contributed by atoms with van der Waals surface area (Å²) >= 11 is 0. The SMILES string of the molecule is COc1ccc(CCNc2ccc(NC(=O)C(C)N)nc2)cc1OC. The fraction of sp³-hybridized carbons (Fsp3) is 0.333. The number of nitrogens with one attached hydrogen (secondary N) is 2. The van der Waals surface area contributed by atoms with Gasteiger partial charge in [-0.15, -0.1) is 0 Å². The van der Waals surface area contributed by atoms with Gasteiger partial charge in [0.2, 0.25) is 5.91 Å². The van der Waals surface area contributed by atoms with Crippen LogP contribution in [0, 0.1) is 0 Å². The van der Waals surface area contributed by atoms with Crippen LogP contribution in [-0.4, -0.2) is 37.7 Å². The summed E-state index contributed by atoms with van der Waals surface area (Å²) in [6.45, 7) is 2.36. The zero-order valence-electron chi connectivity index (χ0n) is 14.7. The van der Waals surface area contributed by atoms with Gasteiger partial charge in [-0.1, -0.05) is 6.07 Å². The number of aromatic nitrogens is 1. The van der Waals surface area contributed by atoms with E-state index in [-0.39, 0.29) is 5.91 Å². The van der Waals surface area contributed by atoms with Crippen LogP contribution in [0.15, 0.2) is 36.5 Å². The zero-order valence-corrected chi connectivity index (χ0v) is 14.7. The van der Waals surface area contributed by atoms with Crippen LogP contribution in [0.3, 0.4) is 0 Å². The standard InChI is InChI=1S/C18H24N4O3/c1-12(19)18(23)22-17-7-5-14(11-21-17)20-9-8-13-4-6-15(24-2)16(10-13)25-3/h4-7,10-12,20H,8-9,19H2,1-3H3,(H,21,22,23). The number of benzene rings is 1. The number of pyridine rings is 1. The highest BCUT2D eigenvalue weighted by molar-refractivity contribution is 5.93. The molecule has 0 aliphatic heterocycles. The molecule has 0 bridgehead atoms. The molecule has 1 unspecified atom stereocenters. The van der Waals surface area contributed by atoms with E-state index in [0.717, 1.165) is 30.0 Å². The monoisotopic (exact) mass is 344 g/mol. The van der Waals surface area contributed by atoms with Crippen LogP contribution in [0.4, 0.5) is 11.5 Å².